The minimum atomic E-state index is -0.741. The van der Waals surface area contributed by atoms with Crippen molar-refractivity contribution in [1.82, 2.24) is 4.90 Å². The molecular weight excluding hydrogens is 466 g/mol. The van der Waals surface area contributed by atoms with Crippen molar-refractivity contribution >= 4 is 28.5 Å². The fraction of sp³-hybridized carbons (Fsp3) is 0.214. The van der Waals surface area contributed by atoms with Gasteiger partial charge in [0.25, 0.3) is 5.91 Å². The van der Waals surface area contributed by atoms with E-state index in [1.165, 1.54) is 6.07 Å². The maximum Gasteiger partial charge on any atom is 0.291 e. The van der Waals surface area contributed by atoms with Gasteiger partial charge in [-0.2, -0.15) is 0 Å². The van der Waals surface area contributed by atoms with E-state index in [-0.39, 0.29) is 34.8 Å². The maximum absolute atomic E-state index is 13.9. The van der Waals surface area contributed by atoms with Gasteiger partial charge in [-0.25, -0.2) is 0 Å². The van der Waals surface area contributed by atoms with E-state index in [0.717, 1.165) is 16.7 Å². The summed E-state index contributed by atoms with van der Waals surface area (Å²) in [6, 6.07) is 15.1. The maximum atomic E-state index is 13.9. The SMILES string of the molecule is CCOc1cc([C@H]2c3c(oc4c(C)cc(C)cc4c3=O)C(=O)N2Cc2ccccc2Cl)ccc1O. The second-order valence-electron chi connectivity index (χ2n) is 8.72. The van der Waals surface area contributed by atoms with Crippen LogP contribution in [0, 0.1) is 13.8 Å². The van der Waals surface area contributed by atoms with Gasteiger partial charge >= 0.3 is 0 Å². The van der Waals surface area contributed by atoms with Crippen molar-refractivity contribution in [2.45, 2.75) is 33.4 Å². The summed E-state index contributed by atoms with van der Waals surface area (Å²) in [5.74, 6) is -0.109. The van der Waals surface area contributed by atoms with Crippen molar-refractivity contribution in [3.8, 4) is 11.5 Å². The lowest BCUT2D eigenvalue weighted by atomic mass is 9.97. The highest BCUT2D eigenvalue weighted by Crippen LogP contribution is 2.42. The Bertz CT molecular complexity index is 1540. The van der Waals surface area contributed by atoms with E-state index in [1.54, 1.807) is 29.2 Å². The summed E-state index contributed by atoms with van der Waals surface area (Å²) in [5.41, 5.74) is 3.52. The number of carbonyl (C=O) groups is 1. The molecule has 3 aromatic carbocycles. The van der Waals surface area contributed by atoms with E-state index in [0.29, 0.717) is 28.2 Å². The summed E-state index contributed by atoms with van der Waals surface area (Å²) in [6.45, 7) is 6.12. The van der Waals surface area contributed by atoms with Crippen molar-refractivity contribution < 1.29 is 19.1 Å². The molecule has 1 aromatic heterocycles. The number of ether oxygens (including phenoxy) is 1. The summed E-state index contributed by atoms with van der Waals surface area (Å²) >= 11 is 6.42. The molecule has 1 amide bonds. The summed E-state index contributed by atoms with van der Waals surface area (Å²) in [6.07, 6.45) is 0. The van der Waals surface area contributed by atoms with Crippen molar-refractivity contribution in [2.24, 2.45) is 0 Å². The van der Waals surface area contributed by atoms with E-state index < -0.39 is 11.9 Å². The van der Waals surface area contributed by atoms with Gasteiger partial charge in [-0.05, 0) is 67.3 Å². The standard InChI is InChI=1S/C28H24ClNO5/c1-4-34-22-13-17(9-10-21(22)31)24-23-25(32)19-12-15(2)11-16(3)26(19)35-27(23)28(33)30(24)14-18-7-5-6-8-20(18)29/h5-13,24,31H,4,14H2,1-3H3/t24-/m0/s1. The summed E-state index contributed by atoms with van der Waals surface area (Å²) in [7, 11) is 0. The molecule has 35 heavy (non-hydrogen) atoms. The number of carbonyl (C=O) groups excluding carboxylic acids is 1. The fourth-order valence-electron chi connectivity index (χ4n) is 4.77. The first kappa shape index (κ1) is 23.0. The number of rotatable bonds is 5. The molecule has 0 saturated heterocycles. The molecule has 1 N–H and O–H groups in total. The zero-order valence-electron chi connectivity index (χ0n) is 19.6. The molecule has 0 unspecified atom stereocenters. The van der Waals surface area contributed by atoms with Crippen LogP contribution in [0.1, 0.15) is 51.3 Å². The Kier molecular flexibility index (Phi) is 5.77. The molecule has 0 radical (unpaired) electrons. The van der Waals surface area contributed by atoms with Crippen LogP contribution in [0.25, 0.3) is 11.0 Å². The molecule has 178 valence electrons. The Morgan fingerprint density at radius 2 is 1.86 bits per heavy atom. The van der Waals surface area contributed by atoms with Crippen molar-refractivity contribution in [3.05, 3.63) is 103 Å². The zero-order valence-corrected chi connectivity index (χ0v) is 20.3. The lowest BCUT2D eigenvalue weighted by molar-refractivity contribution is 0.0714. The number of halogens is 1. The number of hydrogen-bond donors (Lipinski definition) is 1. The highest BCUT2D eigenvalue weighted by atomic mass is 35.5. The van der Waals surface area contributed by atoms with E-state index in [4.69, 9.17) is 20.8 Å². The normalized spacial score (nSPS) is 15.0. The van der Waals surface area contributed by atoms with E-state index >= 15 is 0 Å². The number of amides is 1. The molecule has 2 heterocycles. The zero-order chi connectivity index (χ0) is 24.9. The van der Waals surface area contributed by atoms with E-state index in [9.17, 15) is 14.7 Å². The van der Waals surface area contributed by atoms with Crippen LogP contribution in [-0.2, 0) is 6.54 Å². The molecule has 6 nitrogen and oxygen atoms in total. The van der Waals surface area contributed by atoms with Gasteiger partial charge in [-0.15, -0.1) is 0 Å². The first-order valence-electron chi connectivity index (χ1n) is 11.4. The second kappa shape index (κ2) is 8.78. The topological polar surface area (TPSA) is 80.0 Å². The van der Waals surface area contributed by atoms with Gasteiger partial charge in [0.2, 0.25) is 5.76 Å². The number of aromatic hydroxyl groups is 1. The fourth-order valence-corrected chi connectivity index (χ4v) is 4.96. The molecule has 4 aromatic rings. The van der Waals surface area contributed by atoms with Gasteiger partial charge in [0.05, 0.1) is 23.6 Å². The van der Waals surface area contributed by atoms with Gasteiger partial charge in [0.1, 0.15) is 5.58 Å². The third-order valence-electron chi connectivity index (χ3n) is 6.30. The van der Waals surface area contributed by atoms with Crippen LogP contribution >= 0.6 is 11.6 Å². The minimum Gasteiger partial charge on any atom is -0.504 e. The Morgan fingerprint density at radius 1 is 1.09 bits per heavy atom. The van der Waals surface area contributed by atoms with Gasteiger partial charge in [-0.3, -0.25) is 9.59 Å². The average Bonchev–Trinajstić information content (AvgIpc) is 3.10. The molecule has 0 spiro atoms. The Labute approximate surface area is 207 Å². The summed E-state index contributed by atoms with van der Waals surface area (Å²) < 4.78 is 11.7. The number of fused-ring (bicyclic) bond motifs is 2. The number of phenolic OH excluding ortho intramolecular Hbond substituents is 1. The van der Waals surface area contributed by atoms with Crippen LogP contribution in [-0.4, -0.2) is 22.5 Å². The Balaban J connectivity index is 1.76. The second-order valence-corrected chi connectivity index (χ2v) is 9.13. The van der Waals surface area contributed by atoms with E-state index in [2.05, 4.69) is 0 Å². The minimum absolute atomic E-state index is 0.0189. The number of phenols is 1. The van der Waals surface area contributed by atoms with Crippen LogP contribution in [0.5, 0.6) is 11.5 Å². The molecule has 5 rings (SSSR count). The van der Waals surface area contributed by atoms with E-state index in [1.807, 2.05) is 45.0 Å². The molecule has 7 heteroatoms. The quantitative estimate of drug-likeness (QED) is 0.377. The number of hydrogen-bond acceptors (Lipinski definition) is 5. The lowest BCUT2D eigenvalue weighted by Gasteiger charge is -2.26. The molecular formula is C28H24ClNO5. The van der Waals surface area contributed by atoms with Crippen molar-refractivity contribution in [3.63, 3.8) is 0 Å². The molecule has 1 aliphatic rings. The molecule has 1 atom stereocenters. The Morgan fingerprint density at radius 3 is 2.60 bits per heavy atom. The predicted octanol–water partition coefficient (Wildman–Crippen LogP) is 5.91. The third-order valence-corrected chi connectivity index (χ3v) is 6.66. The first-order chi connectivity index (χ1) is 16.8. The first-order valence-corrected chi connectivity index (χ1v) is 11.8. The molecule has 0 bridgehead atoms. The van der Waals surface area contributed by atoms with Crippen LogP contribution in [0.3, 0.4) is 0 Å². The number of nitrogens with zero attached hydrogens (tertiary/aromatic N) is 1. The average molecular weight is 490 g/mol. The highest BCUT2D eigenvalue weighted by Gasteiger charge is 2.43. The van der Waals surface area contributed by atoms with Gasteiger partial charge in [0, 0.05) is 11.6 Å². The molecule has 1 aliphatic heterocycles. The molecule has 0 fully saturated rings. The van der Waals surface area contributed by atoms with Gasteiger partial charge < -0.3 is 19.2 Å². The van der Waals surface area contributed by atoms with Crippen LogP contribution in [0.15, 0.2) is 63.8 Å². The summed E-state index contributed by atoms with van der Waals surface area (Å²) in [5, 5.41) is 11.2. The monoisotopic (exact) mass is 489 g/mol. The Hall–Kier alpha value is -3.77. The lowest BCUT2D eigenvalue weighted by Crippen LogP contribution is -2.29. The van der Waals surface area contributed by atoms with Crippen LogP contribution in [0.4, 0.5) is 0 Å². The highest BCUT2D eigenvalue weighted by molar-refractivity contribution is 6.31. The third kappa shape index (κ3) is 3.84. The number of aryl methyl sites for hydroxylation is 2. The van der Waals surface area contributed by atoms with Crippen molar-refractivity contribution in [2.75, 3.05) is 6.61 Å². The van der Waals surface area contributed by atoms with Crippen LogP contribution in [0.2, 0.25) is 5.02 Å². The molecule has 0 aliphatic carbocycles. The largest absolute Gasteiger partial charge is 0.504 e. The predicted molar refractivity (Wildman–Crippen MR) is 134 cm³/mol. The van der Waals surface area contributed by atoms with Gasteiger partial charge in [0.15, 0.2) is 16.9 Å². The summed E-state index contributed by atoms with van der Waals surface area (Å²) in [4.78, 5) is 29.2. The van der Waals surface area contributed by atoms with Crippen LogP contribution < -0.4 is 10.2 Å². The smallest absolute Gasteiger partial charge is 0.291 e. The number of benzene rings is 3. The van der Waals surface area contributed by atoms with Crippen molar-refractivity contribution in [1.29, 1.82) is 0 Å². The van der Waals surface area contributed by atoms with Gasteiger partial charge in [-0.1, -0.05) is 41.9 Å². The molecule has 0 saturated carbocycles.